The van der Waals surface area contributed by atoms with Gasteiger partial charge in [0.25, 0.3) is 0 Å². The van der Waals surface area contributed by atoms with E-state index in [1.165, 1.54) is 24.0 Å². The zero-order valence-electron chi connectivity index (χ0n) is 15.3. The van der Waals surface area contributed by atoms with E-state index >= 15 is 0 Å². The second kappa shape index (κ2) is 7.82. The first-order valence-electron chi connectivity index (χ1n) is 8.61. The van der Waals surface area contributed by atoms with Crippen LogP contribution in [0.25, 0.3) is 17.2 Å². The molecule has 0 aliphatic carbocycles. The molecular weight excluding hydrogens is 373 g/mol. The summed E-state index contributed by atoms with van der Waals surface area (Å²) < 4.78 is 19.0. The molecule has 0 aliphatic rings. The molecular formula is C20H14FN7O. The van der Waals surface area contributed by atoms with Gasteiger partial charge in [-0.25, -0.2) is 4.98 Å². The maximum absolute atomic E-state index is 13.5. The number of benzene rings is 1. The molecule has 142 valence electrons. The standard InChI is InChI=1S/C20H14FN7O/c1-29-18-11-13(28-26-20(25-27-28)17-5-2-3-10-23-17)8-9-14(18)15(12-22)16-6-4-7-19(21)24-16/h2-11,15H,1H3. The molecule has 4 aromatic rings. The first-order chi connectivity index (χ1) is 14.2. The molecule has 9 heteroatoms. The van der Waals surface area contributed by atoms with Crippen molar-refractivity contribution in [3.8, 4) is 29.0 Å². The number of ether oxygens (including phenoxy) is 1. The Morgan fingerprint density at radius 3 is 2.76 bits per heavy atom. The third-order valence-electron chi connectivity index (χ3n) is 4.23. The van der Waals surface area contributed by atoms with Gasteiger partial charge in [-0.2, -0.15) is 9.65 Å². The van der Waals surface area contributed by atoms with Crippen LogP contribution in [0.5, 0.6) is 5.75 Å². The summed E-state index contributed by atoms with van der Waals surface area (Å²) in [6.45, 7) is 0. The van der Waals surface area contributed by atoms with E-state index in [1.54, 1.807) is 42.6 Å². The molecule has 1 atom stereocenters. The predicted molar refractivity (Wildman–Crippen MR) is 101 cm³/mol. The molecule has 1 aromatic carbocycles. The van der Waals surface area contributed by atoms with Crippen LogP contribution in [-0.4, -0.2) is 37.3 Å². The lowest BCUT2D eigenvalue weighted by atomic mass is 9.95. The van der Waals surface area contributed by atoms with Crippen molar-refractivity contribution < 1.29 is 9.13 Å². The minimum atomic E-state index is -0.789. The number of methoxy groups -OCH3 is 1. The van der Waals surface area contributed by atoms with Crippen LogP contribution in [0, 0.1) is 17.3 Å². The van der Waals surface area contributed by atoms with E-state index in [4.69, 9.17) is 4.74 Å². The molecule has 0 fully saturated rings. The fourth-order valence-corrected chi connectivity index (χ4v) is 2.86. The maximum Gasteiger partial charge on any atom is 0.223 e. The van der Waals surface area contributed by atoms with Crippen LogP contribution < -0.4 is 4.74 Å². The van der Waals surface area contributed by atoms with Crippen molar-refractivity contribution in [2.45, 2.75) is 5.92 Å². The summed E-state index contributed by atoms with van der Waals surface area (Å²) in [7, 11) is 1.49. The number of hydrogen-bond donors (Lipinski definition) is 0. The Morgan fingerprint density at radius 1 is 1.14 bits per heavy atom. The van der Waals surface area contributed by atoms with Gasteiger partial charge in [0.2, 0.25) is 11.8 Å². The van der Waals surface area contributed by atoms with E-state index in [1.807, 2.05) is 6.07 Å². The number of aromatic nitrogens is 6. The van der Waals surface area contributed by atoms with Crippen molar-refractivity contribution in [2.75, 3.05) is 7.11 Å². The first-order valence-corrected chi connectivity index (χ1v) is 8.61. The van der Waals surface area contributed by atoms with E-state index in [9.17, 15) is 9.65 Å². The minimum Gasteiger partial charge on any atom is -0.496 e. The van der Waals surface area contributed by atoms with E-state index in [0.717, 1.165) is 0 Å². The second-order valence-electron chi connectivity index (χ2n) is 5.99. The van der Waals surface area contributed by atoms with Crippen LogP contribution in [0.4, 0.5) is 4.39 Å². The molecule has 0 radical (unpaired) electrons. The highest BCUT2D eigenvalue weighted by Gasteiger charge is 2.21. The highest BCUT2D eigenvalue weighted by atomic mass is 19.1. The summed E-state index contributed by atoms with van der Waals surface area (Å²) in [5, 5.41) is 22.1. The van der Waals surface area contributed by atoms with Crippen molar-refractivity contribution >= 4 is 0 Å². The van der Waals surface area contributed by atoms with Gasteiger partial charge in [0, 0.05) is 17.8 Å². The van der Waals surface area contributed by atoms with Gasteiger partial charge in [0.15, 0.2) is 0 Å². The largest absolute Gasteiger partial charge is 0.496 e. The van der Waals surface area contributed by atoms with Gasteiger partial charge in [-0.15, -0.1) is 15.0 Å². The Hall–Kier alpha value is -4.19. The fraction of sp³-hybridized carbons (Fsp3) is 0.100. The van der Waals surface area contributed by atoms with Gasteiger partial charge in [-0.1, -0.05) is 18.2 Å². The number of nitrogens with zero attached hydrogens (tertiary/aromatic N) is 7. The molecule has 4 rings (SSSR count). The smallest absolute Gasteiger partial charge is 0.223 e. The number of halogens is 1. The topological polar surface area (TPSA) is 102 Å². The van der Waals surface area contributed by atoms with Crippen molar-refractivity contribution in [1.29, 1.82) is 5.26 Å². The molecule has 8 nitrogen and oxygen atoms in total. The molecule has 0 spiro atoms. The van der Waals surface area contributed by atoms with E-state index < -0.39 is 11.9 Å². The third kappa shape index (κ3) is 3.64. The average molecular weight is 387 g/mol. The van der Waals surface area contributed by atoms with Crippen molar-refractivity contribution in [3.63, 3.8) is 0 Å². The summed E-state index contributed by atoms with van der Waals surface area (Å²) in [6.07, 6.45) is 1.65. The van der Waals surface area contributed by atoms with Crippen LogP contribution in [-0.2, 0) is 0 Å². The monoisotopic (exact) mass is 387 g/mol. The van der Waals surface area contributed by atoms with Gasteiger partial charge in [-0.05, 0) is 35.5 Å². The van der Waals surface area contributed by atoms with Gasteiger partial charge in [0.1, 0.15) is 17.4 Å². The Bertz CT molecular complexity index is 1190. The van der Waals surface area contributed by atoms with E-state index in [0.29, 0.717) is 34.2 Å². The lowest BCUT2D eigenvalue weighted by Gasteiger charge is -2.14. The Kier molecular flexibility index (Phi) is 4.90. The molecule has 0 N–H and O–H groups in total. The van der Waals surface area contributed by atoms with Gasteiger partial charge >= 0.3 is 0 Å². The summed E-state index contributed by atoms with van der Waals surface area (Å²) >= 11 is 0. The lowest BCUT2D eigenvalue weighted by Crippen LogP contribution is -2.06. The van der Waals surface area contributed by atoms with Crippen LogP contribution >= 0.6 is 0 Å². The highest BCUT2D eigenvalue weighted by molar-refractivity contribution is 5.51. The quantitative estimate of drug-likeness (QED) is 0.485. The number of tetrazole rings is 1. The van der Waals surface area contributed by atoms with E-state index in [2.05, 4.69) is 31.4 Å². The van der Waals surface area contributed by atoms with Gasteiger partial charge in [0.05, 0.1) is 24.6 Å². The van der Waals surface area contributed by atoms with Crippen LogP contribution in [0.2, 0.25) is 0 Å². The van der Waals surface area contributed by atoms with Gasteiger partial charge < -0.3 is 4.74 Å². The second-order valence-corrected chi connectivity index (χ2v) is 5.99. The number of hydrogen-bond acceptors (Lipinski definition) is 7. The van der Waals surface area contributed by atoms with E-state index in [-0.39, 0.29) is 0 Å². The third-order valence-corrected chi connectivity index (χ3v) is 4.23. The summed E-state index contributed by atoms with van der Waals surface area (Å²) in [5.74, 6) is -0.626. The lowest BCUT2D eigenvalue weighted by molar-refractivity contribution is 0.408. The molecule has 0 bridgehead atoms. The van der Waals surface area contributed by atoms with Crippen LogP contribution in [0.1, 0.15) is 17.2 Å². The molecule has 1 unspecified atom stereocenters. The normalized spacial score (nSPS) is 11.6. The van der Waals surface area contributed by atoms with Crippen LogP contribution in [0.15, 0.2) is 60.8 Å². The molecule has 29 heavy (non-hydrogen) atoms. The van der Waals surface area contributed by atoms with Crippen molar-refractivity contribution in [1.82, 2.24) is 30.2 Å². The SMILES string of the molecule is COc1cc(-n2nnc(-c3ccccn3)n2)ccc1C(C#N)c1cccc(F)n1. The van der Waals surface area contributed by atoms with Crippen molar-refractivity contribution in [2.24, 2.45) is 0 Å². The average Bonchev–Trinajstić information content (AvgIpc) is 3.25. The number of pyridine rings is 2. The molecule has 0 aliphatic heterocycles. The molecule has 0 saturated carbocycles. The molecule has 3 heterocycles. The highest BCUT2D eigenvalue weighted by Crippen LogP contribution is 2.32. The van der Waals surface area contributed by atoms with Crippen LogP contribution in [0.3, 0.4) is 0 Å². The van der Waals surface area contributed by atoms with Gasteiger partial charge in [-0.3, -0.25) is 4.98 Å². The fourth-order valence-electron chi connectivity index (χ4n) is 2.86. The summed E-state index contributed by atoms with van der Waals surface area (Å²) in [4.78, 5) is 9.37. The summed E-state index contributed by atoms with van der Waals surface area (Å²) in [5.41, 5.74) is 2.05. The first kappa shape index (κ1) is 18.2. The zero-order valence-corrected chi connectivity index (χ0v) is 15.3. The number of rotatable bonds is 5. The Labute approximate surface area is 165 Å². The summed E-state index contributed by atoms with van der Waals surface area (Å²) in [6, 6.07) is 17.0. The Balaban J connectivity index is 1.70. The number of nitriles is 1. The molecule has 0 saturated heterocycles. The molecule has 3 aromatic heterocycles. The molecule has 0 amide bonds. The minimum absolute atomic E-state index is 0.301. The zero-order chi connectivity index (χ0) is 20.2. The maximum atomic E-state index is 13.5. The van der Waals surface area contributed by atoms with Crippen molar-refractivity contribution in [3.05, 3.63) is 78.0 Å². The predicted octanol–water partition coefficient (Wildman–Crippen LogP) is 2.92. The Morgan fingerprint density at radius 2 is 2.03 bits per heavy atom.